The standard InChI is InChI=1S/C25H22N4O2/c30-25(31)22-15-27-29(24(22)16-10-11-16)21-8-2-5-18(13-21)17-4-1-7-20(12-17)28-23-9-3-6-19(23)14-26-28/h1-2,4-5,7-8,12-16H,3,6,9-11H2,(H,30,31). The van der Waals surface area contributed by atoms with Crippen LogP contribution < -0.4 is 0 Å². The molecule has 4 aromatic rings. The molecule has 0 amide bonds. The van der Waals surface area contributed by atoms with Gasteiger partial charge in [0.25, 0.3) is 0 Å². The van der Waals surface area contributed by atoms with E-state index >= 15 is 0 Å². The largest absolute Gasteiger partial charge is 0.478 e. The van der Waals surface area contributed by atoms with Gasteiger partial charge in [-0.2, -0.15) is 10.2 Å². The van der Waals surface area contributed by atoms with Crippen LogP contribution in [0.4, 0.5) is 0 Å². The van der Waals surface area contributed by atoms with Crippen LogP contribution in [0.25, 0.3) is 22.5 Å². The maximum atomic E-state index is 11.7. The summed E-state index contributed by atoms with van der Waals surface area (Å²) < 4.78 is 3.86. The summed E-state index contributed by atoms with van der Waals surface area (Å²) >= 11 is 0. The number of carboxylic acid groups (broad SMARTS) is 1. The van der Waals surface area contributed by atoms with E-state index in [4.69, 9.17) is 0 Å². The molecule has 0 saturated heterocycles. The molecule has 2 aromatic heterocycles. The van der Waals surface area contributed by atoms with E-state index in [1.807, 2.05) is 18.3 Å². The third-order valence-electron chi connectivity index (χ3n) is 6.33. The van der Waals surface area contributed by atoms with Crippen molar-refractivity contribution in [2.75, 3.05) is 0 Å². The Hall–Kier alpha value is -3.67. The number of nitrogens with zero attached hydrogens (tertiary/aromatic N) is 4. The highest BCUT2D eigenvalue weighted by atomic mass is 16.4. The van der Waals surface area contributed by atoms with Gasteiger partial charge < -0.3 is 5.11 Å². The first-order chi connectivity index (χ1) is 15.2. The molecular formula is C25H22N4O2. The van der Waals surface area contributed by atoms with Crippen molar-refractivity contribution in [2.24, 2.45) is 0 Å². The van der Waals surface area contributed by atoms with Gasteiger partial charge in [0.1, 0.15) is 5.56 Å². The van der Waals surface area contributed by atoms with Crippen molar-refractivity contribution < 1.29 is 9.90 Å². The van der Waals surface area contributed by atoms with Crippen LogP contribution in [0.5, 0.6) is 0 Å². The van der Waals surface area contributed by atoms with E-state index in [1.165, 1.54) is 23.9 Å². The number of aromatic nitrogens is 4. The van der Waals surface area contributed by atoms with Gasteiger partial charge in [0.15, 0.2) is 0 Å². The van der Waals surface area contributed by atoms with E-state index in [0.717, 1.165) is 53.9 Å². The topological polar surface area (TPSA) is 72.9 Å². The summed E-state index contributed by atoms with van der Waals surface area (Å²) in [6.45, 7) is 0. The van der Waals surface area contributed by atoms with Crippen LogP contribution in [-0.4, -0.2) is 30.6 Å². The number of hydrogen-bond donors (Lipinski definition) is 1. The number of hydrogen-bond acceptors (Lipinski definition) is 3. The normalized spacial score (nSPS) is 15.2. The summed E-state index contributed by atoms with van der Waals surface area (Å²) in [7, 11) is 0. The average Bonchev–Trinajstić information content (AvgIpc) is 3.19. The molecule has 0 radical (unpaired) electrons. The summed E-state index contributed by atoms with van der Waals surface area (Å²) in [5, 5.41) is 18.6. The number of benzene rings is 2. The lowest BCUT2D eigenvalue weighted by Crippen LogP contribution is -2.05. The number of aromatic carboxylic acids is 1. The van der Waals surface area contributed by atoms with E-state index < -0.39 is 5.97 Å². The van der Waals surface area contributed by atoms with Gasteiger partial charge in [-0.15, -0.1) is 0 Å². The summed E-state index contributed by atoms with van der Waals surface area (Å²) in [5.41, 5.74) is 7.91. The Bertz CT molecular complexity index is 1310. The number of rotatable bonds is 5. The molecule has 0 atom stereocenters. The third kappa shape index (κ3) is 3.06. The number of carboxylic acids is 1. The minimum atomic E-state index is -0.913. The van der Waals surface area contributed by atoms with Crippen molar-refractivity contribution in [2.45, 2.75) is 38.0 Å². The smallest absolute Gasteiger partial charge is 0.339 e. The molecule has 2 aliphatic rings. The van der Waals surface area contributed by atoms with E-state index in [2.05, 4.69) is 51.3 Å². The van der Waals surface area contributed by atoms with Crippen molar-refractivity contribution in [3.8, 4) is 22.5 Å². The first kappa shape index (κ1) is 18.1. The van der Waals surface area contributed by atoms with Gasteiger partial charge in [-0.3, -0.25) is 0 Å². The van der Waals surface area contributed by atoms with Crippen molar-refractivity contribution in [3.63, 3.8) is 0 Å². The Labute approximate surface area is 179 Å². The van der Waals surface area contributed by atoms with Crippen LogP contribution in [0.2, 0.25) is 0 Å². The van der Waals surface area contributed by atoms with Crippen molar-refractivity contribution >= 4 is 5.97 Å². The van der Waals surface area contributed by atoms with Gasteiger partial charge >= 0.3 is 5.97 Å². The van der Waals surface area contributed by atoms with Gasteiger partial charge in [0.2, 0.25) is 0 Å². The fraction of sp³-hybridized carbons (Fsp3) is 0.240. The molecule has 1 N–H and O–H groups in total. The van der Waals surface area contributed by atoms with Crippen molar-refractivity contribution in [3.05, 3.63) is 83.4 Å². The van der Waals surface area contributed by atoms with E-state index in [-0.39, 0.29) is 5.92 Å². The lowest BCUT2D eigenvalue weighted by atomic mass is 10.0. The lowest BCUT2D eigenvalue weighted by Gasteiger charge is -2.11. The number of fused-ring (bicyclic) bond motifs is 1. The lowest BCUT2D eigenvalue weighted by molar-refractivity contribution is 0.0695. The second kappa shape index (κ2) is 6.94. The SMILES string of the molecule is O=C(O)c1cnn(-c2cccc(-c3cccc(-n4ncc5c4CCC5)c3)c2)c1C1CC1. The van der Waals surface area contributed by atoms with Gasteiger partial charge in [0.05, 0.1) is 29.5 Å². The quantitative estimate of drug-likeness (QED) is 0.513. The van der Waals surface area contributed by atoms with Gasteiger partial charge in [0, 0.05) is 11.6 Å². The predicted octanol–water partition coefficient (Wildman–Crippen LogP) is 4.79. The minimum absolute atomic E-state index is 0.280. The molecule has 2 heterocycles. The summed E-state index contributed by atoms with van der Waals surface area (Å²) in [6.07, 6.45) is 8.88. The second-order valence-electron chi connectivity index (χ2n) is 8.42. The second-order valence-corrected chi connectivity index (χ2v) is 8.42. The molecule has 2 aromatic carbocycles. The molecule has 0 aliphatic heterocycles. The molecule has 2 aliphatic carbocycles. The highest BCUT2D eigenvalue weighted by Crippen LogP contribution is 2.42. The van der Waals surface area contributed by atoms with Crippen LogP contribution in [-0.2, 0) is 12.8 Å². The Balaban J connectivity index is 1.40. The van der Waals surface area contributed by atoms with Crippen molar-refractivity contribution in [1.29, 1.82) is 0 Å². The van der Waals surface area contributed by atoms with Crippen LogP contribution in [0.15, 0.2) is 60.9 Å². The number of carbonyl (C=O) groups is 1. The number of aryl methyl sites for hydroxylation is 1. The predicted molar refractivity (Wildman–Crippen MR) is 117 cm³/mol. The van der Waals surface area contributed by atoms with Crippen LogP contribution in [0.1, 0.15) is 52.5 Å². The van der Waals surface area contributed by atoms with Gasteiger partial charge in [-0.25, -0.2) is 14.2 Å². The molecule has 1 fully saturated rings. The molecular weight excluding hydrogens is 388 g/mol. The Morgan fingerprint density at radius 3 is 2.26 bits per heavy atom. The molecule has 6 rings (SSSR count). The molecule has 6 nitrogen and oxygen atoms in total. The average molecular weight is 410 g/mol. The van der Waals surface area contributed by atoms with E-state index in [9.17, 15) is 9.90 Å². The Kier molecular flexibility index (Phi) is 4.06. The Morgan fingerprint density at radius 2 is 1.58 bits per heavy atom. The molecule has 1 saturated carbocycles. The zero-order valence-corrected chi connectivity index (χ0v) is 17.0. The van der Waals surface area contributed by atoms with Crippen molar-refractivity contribution in [1.82, 2.24) is 19.6 Å². The highest BCUT2D eigenvalue weighted by Gasteiger charge is 2.32. The maximum Gasteiger partial charge on any atom is 0.339 e. The zero-order valence-electron chi connectivity index (χ0n) is 17.0. The molecule has 6 heteroatoms. The van der Waals surface area contributed by atoms with Crippen LogP contribution in [0.3, 0.4) is 0 Å². The summed E-state index contributed by atoms with van der Waals surface area (Å²) in [6, 6.07) is 16.6. The first-order valence-electron chi connectivity index (χ1n) is 10.8. The summed E-state index contributed by atoms with van der Waals surface area (Å²) in [4.78, 5) is 11.7. The molecule has 31 heavy (non-hydrogen) atoms. The van der Waals surface area contributed by atoms with Gasteiger partial charge in [-0.1, -0.05) is 24.3 Å². The molecule has 0 unspecified atom stereocenters. The maximum absolute atomic E-state index is 11.7. The van der Waals surface area contributed by atoms with E-state index in [0.29, 0.717) is 5.56 Å². The minimum Gasteiger partial charge on any atom is -0.478 e. The third-order valence-corrected chi connectivity index (χ3v) is 6.33. The summed E-state index contributed by atoms with van der Waals surface area (Å²) in [5.74, 6) is -0.633. The zero-order chi connectivity index (χ0) is 20.9. The molecule has 0 spiro atoms. The monoisotopic (exact) mass is 410 g/mol. The van der Waals surface area contributed by atoms with Gasteiger partial charge in [-0.05, 0) is 73.1 Å². The van der Waals surface area contributed by atoms with Crippen LogP contribution in [0, 0.1) is 0 Å². The first-order valence-corrected chi connectivity index (χ1v) is 10.8. The van der Waals surface area contributed by atoms with Crippen LogP contribution >= 0.6 is 0 Å². The molecule has 0 bridgehead atoms. The highest BCUT2D eigenvalue weighted by molar-refractivity contribution is 5.89. The molecule has 154 valence electrons. The van der Waals surface area contributed by atoms with E-state index in [1.54, 1.807) is 4.68 Å². The Morgan fingerprint density at radius 1 is 0.903 bits per heavy atom. The fourth-order valence-electron chi connectivity index (χ4n) is 4.66. The fourth-order valence-corrected chi connectivity index (χ4v) is 4.66.